The summed E-state index contributed by atoms with van der Waals surface area (Å²) in [5.41, 5.74) is -0.0932. The molecule has 10 heteroatoms. The molecule has 1 aromatic rings. The quantitative estimate of drug-likeness (QED) is 0.243. The summed E-state index contributed by atoms with van der Waals surface area (Å²) in [7, 11) is 2.36. The number of hydrogen-bond donors (Lipinski definition) is 3. The van der Waals surface area contributed by atoms with Gasteiger partial charge in [-0.3, -0.25) is 14.9 Å². The van der Waals surface area contributed by atoms with Crippen molar-refractivity contribution in [2.75, 3.05) is 0 Å². The third-order valence-corrected chi connectivity index (χ3v) is 6.09. The minimum Gasteiger partial charge on any atom is -0.480 e. The van der Waals surface area contributed by atoms with Crippen LogP contribution in [0.3, 0.4) is 0 Å². The van der Waals surface area contributed by atoms with Crippen LogP contribution in [0.1, 0.15) is 0 Å². The Kier molecular flexibility index (Phi) is 6.12. The van der Waals surface area contributed by atoms with E-state index in [0.29, 0.717) is 5.03 Å². The molecule has 0 amide bonds. The van der Waals surface area contributed by atoms with Gasteiger partial charge in [0.2, 0.25) is 0 Å². The third-order valence-electron chi connectivity index (χ3n) is 1.69. The summed E-state index contributed by atoms with van der Waals surface area (Å²) in [5.74, 6) is -1.05. The molecule has 1 N–H and O–H groups in total. The van der Waals surface area contributed by atoms with Crippen LogP contribution >= 0.6 is 46.8 Å². The first-order valence-electron chi connectivity index (χ1n) is 4.44. The van der Waals surface area contributed by atoms with Gasteiger partial charge >= 0.3 is 5.97 Å². The minimum atomic E-state index is -1.05. The highest BCUT2D eigenvalue weighted by Crippen LogP contribution is 2.37. The molecule has 0 saturated carbocycles. The van der Waals surface area contributed by atoms with E-state index in [0.717, 1.165) is 6.20 Å². The Balaban J connectivity index is 2.53. The highest BCUT2D eigenvalue weighted by Gasteiger charge is 2.22. The molecule has 1 heterocycles. The maximum absolute atomic E-state index is 10.6. The fourth-order valence-corrected chi connectivity index (χ4v) is 3.61. The van der Waals surface area contributed by atoms with Crippen molar-refractivity contribution >= 4 is 58.5 Å². The summed E-state index contributed by atoms with van der Waals surface area (Å²) in [6.45, 7) is 0. The lowest BCUT2D eigenvalue weighted by molar-refractivity contribution is -0.385. The summed E-state index contributed by atoms with van der Waals surface area (Å²) < 4.78 is -0.521. The highest BCUT2D eigenvalue weighted by atomic mass is 33.1. The zero-order chi connectivity index (χ0) is 13.7. The Morgan fingerprint density at radius 2 is 2.17 bits per heavy atom. The zero-order valence-electron chi connectivity index (χ0n) is 8.66. The van der Waals surface area contributed by atoms with Crippen molar-refractivity contribution in [3.8, 4) is 0 Å². The molecule has 6 nitrogen and oxygen atoms in total. The van der Waals surface area contributed by atoms with Crippen LogP contribution in [-0.4, -0.2) is 30.8 Å². The van der Waals surface area contributed by atoms with Crippen LogP contribution in [0.2, 0.25) is 0 Å². The molecule has 0 fully saturated rings. The first-order valence-corrected chi connectivity index (χ1v) is 7.69. The SMILES string of the molecule is O=C(O)C(S)C(S)SSc1ccc([N+](=O)[O-])cn1. The van der Waals surface area contributed by atoms with E-state index in [2.05, 4.69) is 30.2 Å². The third kappa shape index (κ3) is 4.59. The van der Waals surface area contributed by atoms with Crippen LogP contribution in [0.5, 0.6) is 0 Å². The molecule has 0 radical (unpaired) electrons. The molecule has 0 spiro atoms. The fourth-order valence-electron chi connectivity index (χ4n) is 0.803. The van der Waals surface area contributed by atoms with E-state index in [1.807, 2.05) is 0 Å². The van der Waals surface area contributed by atoms with Crippen LogP contribution in [0.4, 0.5) is 5.69 Å². The molecular weight excluding hydrogens is 316 g/mol. The van der Waals surface area contributed by atoms with Crippen molar-refractivity contribution in [1.29, 1.82) is 0 Å². The van der Waals surface area contributed by atoms with Gasteiger partial charge in [-0.05, 0) is 16.9 Å². The summed E-state index contributed by atoms with van der Waals surface area (Å²) in [4.78, 5) is 24.4. The van der Waals surface area contributed by atoms with Gasteiger partial charge in [-0.15, -0.1) is 0 Å². The number of carboxylic acid groups (broad SMARTS) is 1. The number of carboxylic acids is 1. The fraction of sp³-hybridized carbons (Fsp3) is 0.250. The van der Waals surface area contributed by atoms with Gasteiger partial charge in [0.15, 0.2) is 0 Å². The largest absolute Gasteiger partial charge is 0.480 e. The Morgan fingerprint density at radius 1 is 1.50 bits per heavy atom. The van der Waals surface area contributed by atoms with E-state index < -0.39 is 20.7 Å². The van der Waals surface area contributed by atoms with Crippen molar-refractivity contribution in [3.05, 3.63) is 28.4 Å². The van der Waals surface area contributed by atoms with Gasteiger partial charge in [0.05, 0.1) is 9.51 Å². The van der Waals surface area contributed by atoms with Crippen LogP contribution in [-0.2, 0) is 4.79 Å². The van der Waals surface area contributed by atoms with Gasteiger partial charge in [0.1, 0.15) is 16.5 Å². The van der Waals surface area contributed by atoms with Crippen LogP contribution in [0.15, 0.2) is 23.4 Å². The second-order valence-electron chi connectivity index (χ2n) is 2.96. The predicted octanol–water partition coefficient (Wildman–Crippen LogP) is 2.37. The Bertz CT molecular complexity index is 441. The van der Waals surface area contributed by atoms with Crippen molar-refractivity contribution in [1.82, 2.24) is 4.98 Å². The maximum atomic E-state index is 10.6. The lowest BCUT2D eigenvalue weighted by Crippen LogP contribution is -2.21. The lowest BCUT2D eigenvalue weighted by atomic mass is 10.4. The molecule has 2 atom stereocenters. The Labute approximate surface area is 121 Å². The molecule has 1 rings (SSSR count). The predicted molar refractivity (Wildman–Crippen MR) is 77.5 cm³/mol. The van der Waals surface area contributed by atoms with Gasteiger partial charge in [0, 0.05) is 6.07 Å². The number of thiol groups is 2. The normalized spacial score (nSPS) is 13.9. The first-order chi connectivity index (χ1) is 8.41. The topological polar surface area (TPSA) is 93.3 Å². The number of carbonyl (C=O) groups is 1. The average Bonchev–Trinajstić information content (AvgIpc) is 2.35. The molecule has 0 aromatic carbocycles. The van der Waals surface area contributed by atoms with Gasteiger partial charge in [0.25, 0.3) is 5.69 Å². The number of rotatable bonds is 6. The molecule has 0 aliphatic rings. The second-order valence-corrected chi connectivity index (χ2v) is 6.79. The standard InChI is InChI=1S/C8H8N2O4S4/c11-7(12)6(15)8(16)18-17-5-2-1-4(3-9-5)10(13)14/h1-3,6,8,15-16H,(H,11,12). The summed E-state index contributed by atoms with van der Waals surface area (Å²) in [6, 6.07) is 2.82. The van der Waals surface area contributed by atoms with E-state index in [1.54, 1.807) is 0 Å². The van der Waals surface area contributed by atoms with Gasteiger partial charge < -0.3 is 5.11 Å². The van der Waals surface area contributed by atoms with E-state index >= 15 is 0 Å². The van der Waals surface area contributed by atoms with Crippen molar-refractivity contribution < 1.29 is 14.8 Å². The van der Waals surface area contributed by atoms with Crippen molar-refractivity contribution in [2.45, 2.75) is 14.9 Å². The van der Waals surface area contributed by atoms with Gasteiger partial charge in [-0.2, -0.15) is 25.3 Å². The Morgan fingerprint density at radius 3 is 2.61 bits per heavy atom. The number of hydrogen-bond acceptors (Lipinski definition) is 8. The molecule has 98 valence electrons. The van der Waals surface area contributed by atoms with Crippen molar-refractivity contribution in [3.63, 3.8) is 0 Å². The molecule has 2 unspecified atom stereocenters. The average molecular weight is 324 g/mol. The Hall–Kier alpha value is -0.580. The highest BCUT2D eigenvalue weighted by molar-refractivity contribution is 8.78. The first kappa shape index (κ1) is 15.5. The number of nitro groups is 1. The smallest absolute Gasteiger partial charge is 0.318 e. The lowest BCUT2D eigenvalue weighted by Gasteiger charge is -2.12. The molecule has 1 aromatic heterocycles. The monoisotopic (exact) mass is 324 g/mol. The van der Waals surface area contributed by atoms with Crippen LogP contribution in [0, 0.1) is 10.1 Å². The number of aliphatic carboxylic acids is 1. The van der Waals surface area contributed by atoms with E-state index in [-0.39, 0.29) is 5.69 Å². The van der Waals surface area contributed by atoms with E-state index in [9.17, 15) is 14.9 Å². The molecule has 0 bridgehead atoms. The molecular formula is C8H8N2O4S4. The molecule has 0 saturated heterocycles. The number of nitrogens with zero attached hydrogens (tertiary/aromatic N) is 2. The second kappa shape index (κ2) is 7.12. The summed E-state index contributed by atoms with van der Waals surface area (Å²) in [5, 5.41) is 18.8. The number of aromatic nitrogens is 1. The van der Waals surface area contributed by atoms with Crippen LogP contribution < -0.4 is 0 Å². The summed E-state index contributed by atoms with van der Waals surface area (Å²) in [6.07, 6.45) is 1.14. The van der Waals surface area contributed by atoms with Gasteiger partial charge in [-0.1, -0.05) is 10.8 Å². The van der Waals surface area contributed by atoms with E-state index in [4.69, 9.17) is 5.11 Å². The van der Waals surface area contributed by atoms with Crippen LogP contribution in [0.25, 0.3) is 0 Å². The zero-order valence-corrected chi connectivity index (χ0v) is 12.1. The van der Waals surface area contributed by atoms with Crippen molar-refractivity contribution in [2.24, 2.45) is 0 Å². The molecule has 0 aliphatic heterocycles. The number of pyridine rings is 1. The molecule has 18 heavy (non-hydrogen) atoms. The minimum absolute atomic E-state index is 0.0932. The summed E-state index contributed by atoms with van der Waals surface area (Å²) >= 11 is 7.99. The van der Waals surface area contributed by atoms with E-state index in [1.165, 1.54) is 33.7 Å². The maximum Gasteiger partial charge on any atom is 0.318 e. The van der Waals surface area contributed by atoms with Gasteiger partial charge in [-0.25, -0.2) is 4.98 Å². The molecule has 0 aliphatic carbocycles.